The molecule has 3 heterocycles. The van der Waals surface area contributed by atoms with Gasteiger partial charge in [-0.1, -0.05) is 0 Å². The third-order valence-electron chi connectivity index (χ3n) is 6.77. The van der Waals surface area contributed by atoms with Crippen LogP contribution < -0.4 is 23.7 Å². The second kappa shape index (κ2) is 7.72. The fourth-order valence-electron chi connectivity index (χ4n) is 5.27. The Kier molecular flexibility index (Phi) is 5.02. The molecule has 166 valence electrons. The molecular weight excluding hydrogens is 402 g/mol. The van der Waals surface area contributed by atoms with Gasteiger partial charge in [-0.25, -0.2) is 4.98 Å². The van der Waals surface area contributed by atoms with Crippen LogP contribution >= 0.6 is 0 Å². The molecule has 0 unspecified atom stereocenters. The second-order valence-electron chi connectivity index (χ2n) is 8.32. The van der Waals surface area contributed by atoms with Gasteiger partial charge in [-0.15, -0.1) is 0 Å². The highest BCUT2D eigenvalue weighted by molar-refractivity contribution is 5.51. The van der Waals surface area contributed by atoms with Crippen molar-refractivity contribution in [3.8, 4) is 29.1 Å². The molecule has 9 heteroatoms. The molecule has 0 radical (unpaired) electrons. The lowest BCUT2D eigenvalue weighted by atomic mass is 9.83. The first-order valence-corrected chi connectivity index (χ1v) is 10.4. The molecule has 0 amide bonds. The fourth-order valence-corrected chi connectivity index (χ4v) is 5.27. The molecule has 9 nitrogen and oxygen atoms in total. The molecule has 1 aromatic carbocycles. The molecule has 1 saturated carbocycles. The maximum atomic E-state index is 11.7. The van der Waals surface area contributed by atoms with Crippen LogP contribution in [0.4, 0.5) is 0 Å². The zero-order valence-electron chi connectivity index (χ0n) is 18.0. The quantitative estimate of drug-likeness (QED) is 0.739. The number of nitrogens with zero attached hydrogens (tertiary/aromatic N) is 3. The van der Waals surface area contributed by atoms with Crippen LogP contribution in [0, 0.1) is 11.8 Å². The van der Waals surface area contributed by atoms with Crippen LogP contribution in [-0.2, 0) is 12.1 Å². The summed E-state index contributed by atoms with van der Waals surface area (Å²) in [5, 5.41) is 11.7. The first-order chi connectivity index (χ1) is 15.1. The van der Waals surface area contributed by atoms with Crippen molar-refractivity contribution in [2.75, 3.05) is 41.2 Å². The summed E-state index contributed by atoms with van der Waals surface area (Å²) in [4.78, 5) is 10.9. The van der Waals surface area contributed by atoms with Gasteiger partial charge in [0, 0.05) is 43.4 Å². The van der Waals surface area contributed by atoms with Gasteiger partial charge in [-0.05, 0) is 24.8 Å². The van der Waals surface area contributed by atoms with E-state index in [1.807, 2.05) is 12.1 Å². The summed E-state index contributed by atoms with van der Waals surface area (Å²) in [6.45, 7) is 2.60. The van der Waals surface area contributed by atoms with Crippen LogP contribution in [-0.4, -0.2) is 61.2 Å². The Morgan fingerprint density at radius 2 is 1.94 bits per heavy atom. The van der Waals surface area contributed by atoms with Crippen molar-refractivity contribution in [1.82, 2.24) is 14.9 Å². The normalized spacial score (nSPS) is 26.7. The zero-order valence-corrected chi connectivity index (χ0v) is 18.0. The summed E-state index contributed by atoms with van der Waals surface area (Å²) >= 11 is 0. The van der Waals surface area contributed by atoms with Crippen LogP contribution in [0.15, 0.2) is 18.3 Å². The summed E-state index contributed by atoms with van der Waals surface area (Å²) < 4.78 is 27.1. The molecule has 1 aromatic heterocycles. The summed E-state index contributed by atoms with van der Waals surface area (Å²) in [6, 6.07) is 4.09. The van der Waals surface area contributed by atoms with Gasteiger partial charge < -0.3 is 28.8 Å². The van der Waals surface area contributed by atoms with E-state index >= 15 is 0 Å². The number of hydrogen-bond acceptors (Lipinski definition) is 9. The zero-order chi connectivity index (χ0) is 21.6. The van der Waals surface area contributed by atoms with Gasteiger partial charge in [0.1, 0.15) is 11.4 Å². The van der Waals surface area contributed by atoms with E-state index in [-0.39, 0.29) is 18.7 Å². The Balaban J connectivity index is 1.38. The number of aliphatic hydroxyl groups is 1. The first-order valence-electron chi connectivity index (χ1n) is 10.4. The van der Waals surface area contributed by atoms with Crippen molar-refractivity contribution < 1.29 is 28.8 Å². The van der Waals surface area contributed by atoms with E-state index < -0.39 is 5.60 Å². The summed E-state index contributed by atoms with van der Waals surface area (Å²) in [5.74, 6) is 3.05. The predicted octanol–water partition coefficient (Wildman–Crippen LogP) is 1.96. The molecule has 3 atom stereocenters. The monoisotopic (exact) mass is 429 g/mol. The number of likely N-dealkylation sites (tertiary alicyclic amines) is 1. The summed E-state index contributed by atoms with van der Waals surface area (Å²) in [6.07, 6.45) is 3.23. The molecule has 2 aliphatic heterocycles. The van der Waals surface area contributed by atoms with Gasteiger partial charge in [0.05, 0.1) is 26.9 Å². The fraction of sp³-hybridized carbons (Fsp3) is 0.545. The van der Waals surface area contributed by atoms with Crippen LogP contribution in [0.5, 0.6) is 29.1 Å². The van der Waals surface area contributed by atoms with Crippen molar-refractivity contribution in [2.45, 2.75) is 25.0 Å². The van der Waals surface area contributed by atoms with Gasteiger partial charge in [-0.3, -0.25) is 4.90 Å². The van der Waals surface area contributed by atoms with E-state index in [0.29, 0.717) is 36.1 Å². The van der Waals surface area contributed by atoms with Crippen LogP contribution in [0.1, 0.15) is 24.0 Å². The minimum absolute atomic E-state index is 0.0680. The van der Waals surface area contributed by atoms with Gasteiger partial charge in [0.2, 0.25) is 12.7 Å². The first kappa shape index (κ1) is 20.1. The minimum atomic E-state index is -1.03. The van der Waals surface area contributed by atoms with Crippen LogP contribution in [0.3, 0.4) is 0 Å². The SMILES string of the molecule is COc1ncc([C@]2(O)CC[C@H]3CN(Cc4cc5c(cc4OC)OCO5)C[C@H]32)c(OC)n1. The highest BCUT2D eigenvalue weighted by atomic mass is 16.7. The molecule has 31 heavy (non-hydrogen) atoms. The van der Waals surface area contributed by atoms with Crippen molar-refractivity contribution >= 4 is 0 Å². The summed E-state index contributed by atoms with van der Waals surface area (Å²) in [5.41, 5.74) is 0.641. The van der Waals surface area contributed by atoms with E-state index in [1.165, 1.54) is 7.11 Å². The minimum Gasteiger partial charge on any atom is -0.496 e. The van der Waals surface area contributed by atoms with E-state index in [2.05, 4.69) is 14.9 Å². The topological polar surface area (TPSA) is 95.4 Å². The standard InChI is InChI=1S/C22H27N3O6/c1-27-17-7-19-18(30-12-31-19)6-14(17)10-25-9-13-4-5-22(26,16(13)11-25)15-8-23-21(29-3)24-20(15)28-2/h6-8,13,16,26H,4-5,9-12H2,1-3H3/t13-,16+,22+/m0/s1. The molecule has 0 bridgehead atoms. The summed E-state index contributed by atoms with van der Waals surface area (Å²) in [7, 11) is 4.72. The van der Waals surface area contributed by atoms with E-state index in [1.54, 1.807) is 20.4 Å². The van der Waals surface area contributed by atoms with Gasteiger partial charge >= 0.3 is 6.01 Å². The highest BCUT2D eigenvalue weighted by Gasteiger charge is 2.54. The Morgan fingerprint density at radius 1 is 1.13 bits per heavy atom. The van der Waals surface area contributed by atoms with Crippen molar-refractivity contribution in [2.24, 2.45) is 11.8 Å². The van der Waals surface area contributed by atoms with Crippen LogP contribution in [0.2, 0.25) is 0 Å². The Hall–Kier alpha value is -2.78. The molecular formula is C22H27N3O6. The number of hydrogen-bond donors (Lipinski definition) is 1. The lowest BCUT2D eigenvalue weighted by Crippen LogP contribution is -2.35. The van der Waals surface area contributed by atoms with E-state index in [9.17, 15) is 5.11 Å². The maximum absolute atomic E-state index is 11.7. The van der Waals surface area contributed by atoms with Crippen LogP contribution in [0.25, 0.3) is 0 Å². The molecule has 5 rings (SSSR count). The predicted molar refractivity (Wildman–Crippen MR) is 110 cm³/mol. The van der Waals surface area contributed by atoms with E-state index in [4.69, 9.17) is 23.7 Å². The Morgan fingerprint density at radius 3 is 2.68 bits per heavy atom. The third-order valence-corrected chi connectivity index (χ3v) is 6.77. The number of rotatable bonds is 6. The van der Waals surface area contributed by atoms with Crippen molar-refractivity contribution in [1.29, 1.82) is 0 Å². The molecule has 1 aliphatic carbocycles. The average molecular weight is 429 g/mol. The average Bonchev–Trinajstić information content (AvgIpc) is 3.49. The number of ether oxygens (including phenoxy) is 5. The molecule has 2 fully saturated rings. The number of aromatic nitrogens is 2. The lowest BCUT2D eigenvalue weighted by Gasteiger charge is -2.31. The number of benzene rings is 1. The number of methoxy groups -OCH3 is 3. The van der Waals surface area contributed by atoms with Crippen molar-refractivity contribution in [3.63, 3.8) is 0 Å². The van der Waals surface area contributed by atoms with Crippen molar-refractivity contribution in [3.05, 3.63) is 29.5 Å². The largest absolute Gasteiger partial charge is 0.496 e. The number of fused-ring (bicyclic) bond motifs is 2. The van der Waals surface area contributed by atoms with E-state index in [0.717, 1.165) is 36.6 Å². The van der Waals surface area contributed by atoms with Gasteiger partial charge in [0.25, 0.3) is 0 Å². The highest BCUT2D eigenvalue weighted by Crippen LogP contribution is 2.52. The molecule has 1 saturated heterocycles. The smallest absolute Gasteiger partial charge is 0.319 e. The van der Waals surface area contributed by atoms with Gasteiger partial charge in [-0.2, -0.15) is 4.98 Å². The maximum Gasteiger partial charge on any atom is 0.319 e. The molecule has 0 spiro atoms. The lowest BCUT2D eigenvalue weighted by molar-refractivity contribution is -0.00974. The molecule has 2 aromatic rings. The Labute approximate surface area is 180 Å². The Bertz CT molecular complexity index is 986. The second-order valence-corrected chi connectivity index (χ2v) is 8.32. The van der Waals surface area contributed by atoms with Gasteiger partial charge in [0.15, 0.2) is 11.5 Å². The molecule has 1 N–H and O–H groups in total. The third kappa shape index (κ3) is 3.32. The molecule has 3 aliphatic rings.